The second kappa shape index (κ2) is 10.3. The largest absolute Gasteiger partial charge is 0.491 e. The molecule has 0 aliphatic carbocycles. The van der Waals surface area contributed by atoms with Crippen molar-refractivity contribution in [1.82, 2.24) is 5.32 Å². The molecular formula is C23H25N3O4. The van der Waals surface area contributed by atoms with Crippen LogP contribution in [0.3, 0.4) is 0 Å². The molecule has 0 fully saturated rings. The number of hydrogen-bond donors (Lipinski definition) is 3. The summed E-state index contributed by atoms with van der Waals surface area (Å²) in [5.41, 5.74) is 2.21. The van der Waals surface area contributed by atoms with Gasteiger partial charge in [0.05, 0.1) is 18.9 Å². The first-order chi connectivity index (χ1) is 14.5. The van der Waals surface area contributed by atoms with Crippen LogP contribution >= 0.6 is 0 Å². The molecule has 0 unspecified atom stereocenters. The van der Waals surface area contributed by atoms with Gasteiger partial charge in [-0.3, -0.25) is 9.59 Å². The van der Waals surface area contributed by atoms with Crippen LogP contribution in [0.15, 0.2) is 71.3 Å². The van der Waals surface area contributed by atoms with Gasteiger partial charge < -0.3 is 25.1 Å². The molecule has 30 heavy (non-hydrogen) atoms. The van der Waals surface area contributed by atoms with Gasteiger partial charge in [0.15, 0.2) is 5.76 Å². The first-order valence-corrected chi connectivity index (χ1v) is 9.70. The fourth-order valence-electron chi connectivity index (χ4n) is 2.76. The highest BCUT2D eigenvalue weighted by molar-refractivity contribution is 6.02. The normalized spacial score (nSPS) is 10.6. The number of amides is 2. The lowest BCUT2D eigenvalue weighted by Gasteiger charge is -2.11. The number of furan rings is 1. The number of anilines is 2. The Kier molecular flexibility index (Phi) is 7.24. The second-order valence-corrected chi connectivity index (χ2v) is 6.97. The molecule has 0 saturated heterocycles. The Morgan fingerprint density at radius 2 is 1.70 bits per heavy atom. The van der Waals surface area contributed by atoms with Gasteiger partial charge in [-0.1, -0.05) is 18.2 Å². The molecule has 2 amide bonds. The summed E-state index contributed by atoms with van der Waals surface area (Å²) in [5.74, 6) is 0.516. The topological polar surface area (TPSA) is 92.6 Å². The van der Waals surface area contributed by atoms with Gasteiger partial charge >= 0.3 is 0 Å². The molecular weight excluding hydrogens is 382 g/mol. The van der Waals surface area contributed by atoms with Gasteiger partial charge in [0.2, 0.25) is 5.91 Å². The predicted molar refractivity (Wildman–Crippen MR) is 116 cm³/mol. The average Bonchev–Trinajstić information content (AvgIpc) is 3.24. The van der Waals surface area contributed by atoms with Crippen molar-refractivity contribution in [3.05, 3.63) is 78.3 Å². The van der Waals surface area contributed by atoms with E-state index < -0.39 is 0 Å². The number of hydrogen-bond acceptors (Lipinski definition) is 5. The van der Waals surface area contributed by atoms with Crippen LogP contribution in [-0.2, 0) is 11.3 Å². The first kappa shape index (κ1) is 21.1. The lowest BCUT2D eigenvalue weighted by atomic mass is 10.2. The van der Waals surface area contributed by atoms with Crippen molar-refractivity contribution in [3.8, 4) is 5.75 Å². The SMILES string of the molecule is CC(C)Oc1ccc(CNCC(=O)Nc2cccc(NC(=O)c3ccco3)c2)cc1. The summed E-state index contributed by atoms with van der Waals surface area (Å²) < 4.78 is 10.7. The number of carbonyl (C=O) groups excluding carboxylic acids is 2. The maximum Gasteiger partial charge on any atom is 0.291 e. The summed E-state index contributed by atoms with van der Waals surface area (Å²) in [6.07, 6.45) is 1.57. The van der Waals surface area contributed by atoms with Gasteiger partial charge in [-0.05, 0) is 61.9 Å². The fraction of sp³-hybridized carbons (Fsp3) is 0.217. The third kappa shape index (κ3) is 6.49. The van der Waals surface area contributed by atoms with Crippen LogP contribution in [0.1, 0.15) is 30.0 Å². The number of nitrogens with one attached hydrogen (secondary N) is 3. The monoisotopic (exact) mass is 407 g/mol. The molecule has 0 bridgehead atoms. The first-order valence-electron chi connectivity index (χ1n) is 9.70. The molecule has 0 atom stereocenters. The Hall–Kier alpha value is -3.58. The average molecular weight is 407 g/mol. The van der Waals surface area contributed by atoms with E-state index >= 15 is 0 Å². The summed E-state index contributed by atoms with van der Waals surface area (Å²) in [6, 6.07) is 17.9. The van der Waals surface area contributed by atoms with Gasteiger partial charge in [-0.2, -0.15) is 0 Å². The molecule has 3 N–H and O–H groups in total. The standard InChI is InChI=1S/C23H25N3O4/c1-16(2)30-20-10-8-17(9-11-20)14-24-15-22(27)25-18-5-3-6-19(13-18)26-23(28)21-7-4-12-29-21/h3-13,16,24H,14-15H2,1-2H3,(H,25,27)(H,26,28). The third-order valence-corrected chi connectivity index (χ3v) is 4.06. The van der Waals surface area contributed by atoms with Gasteiger partial charge in [0.1, 0.15) is 5.75 Å². The van der Waals surface area contributed by atoms with E-state index in [0.717, 1.165) is 11.3 Å². The molecule has 0 radical (unpaired) electrons. The molecule has 0 spiro atoms. The van der Waals surface area contributed by atoms with Gasteiger partial charge in [-0.25, -0.2) is 0 Å². The zero-order valence-electron chi connectivity index (χ0n) is 17.0. The van der Waals surface area contributed by atoms with E-state index in [1.54, 1.807) is 36.4 Å². The number of benzene rings is 2. The Morgan fingerprint density at radius 1 is 0.967 bits per heavy atom. The maximum absolute atomic E-state index is 12.2. The van der Waals surface area contributed by atoms with Crippen LogP contribution < -0.4 is 20.7 Å². The molecule has 0 saturated carbocycles. The van der Waals surface area contributed by atoms with E-state index in [4.69, 9.17) is 9.15 Å². The van der Waals surface area contributed by atoms with E-state index in [1.807, 2.05) is 38.1 Å². The minimum absolute atomic E-state index is 0.134. The van der Waals surface area contributed by atoms with E-state index in [1.165, 1.54) is 6.26 Å². The summed E-state index contributed by atoms with van der Waals surface area (Å²) >= 11 is 0. The summed E-state index contributed by atoms with van der Waals surface area (Å²) in [4.78, 5) is 24.3. The van der Waals surface area contributed by atoms with Gasteiger partial charge in [0.25, 0.3) is 5.91 Å². The highest BCUT2D eigenvalue weighted by atomic mass is 16.5. The number of carbonyl (C=O) groups is 2. The summed E-state index contributed by atoms with van der Waals surface area (Å²) in [5, 5.41) is 8.65. The lowest BCUT2D eigenvalue weighted by molar-refractivity contribution is -0.115. The molecule has 3 aromatic rings. The van der Waals surface area contributed by atoms with E-state index in [9.17, 15) is 9.59 Å². The van der Waals surface area contributed by atoms with Crippen molar-refractivity contribution in [2.24, 2.45) is 0 Å². The Labute approximate surface area is 175 Å². The van der Waals surface area contributed by atoms with Crippen molar-refractivity contribution in [1.29, 1.82) is 0 Å². The zero-order valence-corrected chi connectivity index (χ0v) is 17.0. The minimum atomic E-state index is -0.352. The van der Waals surface area contributed by atoms with Crippen LogP contribution in [0.4, 0.5) is 11.4 Å². The molecule has 7 heteroatoms. The van der Waals surface area contributed by atoms with Crippen molar-refractivity contribution in [2.45, 2.75) is 26.5 Å². The highest BCUT2D eigenvalue weighted by Gasteiger charge is 2.09. The van der Waals surface area contributed by atoms with Crippen LogP contribution in [-0.4, -0.2) is 24.5 Å². The summed E-state index contributed by atoms with van der Waals surface area (Å²) in [6.45, 7) is 4.69. The predicted octanol–water partition coefficient (Wildman–Crippen LogP) is 4.05. The van der Waals surface area contributed by atoms with Crippen molar-refractivity contribution < 1.29 is 18.7 Å². The fourth-order valence-corrected chi connectivity index (χ4v) is 2.76. The Morgan fingerprint density at radius 3 is 2.37 bits per heavy atom. The lowest BCUT2D eigenvalue weighted by Crippen LogP contribution is -2.27. The van der Waals surface area contributed by atoms with E-state index in [-0.39, 0.29) is 30.2 Å². The molecule has 3 rings (SSSR count). The molecule has 7 nitrogen and oxygen atoms in total. The smallest absolute Gasteiger partial charge is 0.291 e. The Balaban J connectivity index is 1.45. The zero-order chi connectivity index (χ0) is 21.3. The van der Waals surface area contributed by atoms with E-state index in [0.29, 0.717) is 17.9 Å². The van der Waals surface area contributed by atoms with Crippen LogP contribution in [0.25, 0.3) is 0 Å². The van der Waals surface area contributed by atoms with Crippen molar-refractivity contribution in [2.75, 3.05) is 17.2 Å². The highest BCUT2D eigenvalue weighted by Crippen LogP contribution is 2.16. The van der Waals surface area contributed by atoms with Crippen molar-refractivity contribution in [3.63, 3.8) is 0 Å². The maximum atomic E-state index is 12.2. The molecule has 1 heterocycles. The molecule has 1 aromatic heterocycles. The minimum Gasteiger partial charge on any atom is -0.491 e. The Bertz CT molecular complexity index is 966. The number of rotatable bonds is 9. The van der Waals surface area contributed by atoms with Crippen LogP contribution in [0.5, 0.6) is 5.75 Å². The quantitative estimate of drug-likeness (QED) is 0.498. The second-order valence-electron chi connectivity index (χ2n) is 6.97. The number of ether oxygens (including phenoxy) is 1. The molecule has 0 aliphatic heterocycles. The van der Waals surface area contributed by atoms with Crippen molar-refractivity contribution >= 4 is 23.2 Å². The van der Waals surface area contributed by atoms with Crippen LogP contribution in [0, 0.1) is 0 Å². The molecule has 156 valence electrons. The van der Waals surface area contributed by atoms with Gasteiger partial charge in [-0.15, -0.1) is 0 Å². The van der Waals surface area contributed by atoms with Gasteiger partial charge in [0, 0.05) is 17.9 Å². The third-order valence-electron chi connectivity index (χ3n) is 4.06. The molecule has 0 aliphatic rings. The molecule has 2 aromatic carbocycles. The van der Waals surface area contributed by atoms with E-state index in [2.05, 4.69) is 16.0 Å². The summed E-state index contributed by atoms with van der Waals surface area (Å²) in [7, 11) is 0. The van der Waals surface area contributed by atoms with Crippen LogP contribution in [0.2, 0.25) is 0 Å².